The molecule has 13 nitrogen and oxygen atoms in total. The highest BCUT2D eigenvalue weighted by molar-refractivity contribution is 6.23. The summed E-state index contributed by atoms with van der Waals surface area (Å²) in [5, 5.41) is 8.95. The minimum absolute atomic E-state index is 0.0347. The number of hydrogen-bond acceptors (Lipinski definition) is 9. The zero-order valence-electron chi connectivity index (χ0n) is 32.3. The number of benzene rings is 3. The molecule has 306 valence electrons. The van der Waals surface area contributed by atoms with Crippen LogP contribution in [0.3, 0.4) is 0 Å². The normalized spacial score (nSPS) is 17.2. The van der Waals surface area contributed by atoms with E-state index in [1.54, 1.807) is 59.2 Å². The quantitative estimate of drug-likeness (QED) is 0.126. The summed E-state index contributed by atoms with van der Waals surface area (Å²) in [4.78, 5) is 72.2. The summed E-state index contributed by atoms with van der Waals surface area (Å²) in [5.74, 6) is 1.47. The fraction of sp³-hybridized carbons (Fsp3) is 0.279. The molecular weight excluding hydrogens is 785 g/mol. The SMILES string of the molecule is Cc1ccc(C(=O)Nc2ccc(N3CCC(N(C)Cc4ccc5c(c4F)C(=O)N(C4CCC(=O)NC4=O)C5=O)CC3)c(C(F)(F)F)c2)cc1C#Cc1cnc2cccnn12. The molecule has 3 aliphatic heterocycles. The highest BCUT2D eigenvalue weighted by Gasteiger charge is 2.46. The summed E-state index contributed by atoms with van der Waals surface area (Å²) in [5.41, 5.74) is 1.28. The van der Waals surface area contributed by atoms with Gasteiger partial charge in [0.2, 0.25) is 11.8 Å². The van der Waals surface area contributed by atoms with Crippen molar-refractivity contribution in [1.82, 2.24) is 29.7 Å². The summed E-state index contributed by atoms with van der Waals surface area (Å²) in [7, 11) is 1.75. The van der Waals surface area contributed by atoms with Crippen LogP contribution >= 0.6 is 0 Å². The van der Waals surface area contributed by atoms with E-state index in [-0.39, 0.29) is 66.6 Å². The molecule has 0 radical (unpaired) electrons. The molecule has 0 aliphatic carbocycles. The lowest BCUT2D eigenvalue weighted by atomic mass is 9.99. The Hall–Kier alpha value is -6.93. The highest BCUT2D eigenvalue weighted by Crippen LogP contribution is 2.40. The first-order chi connectivity index (χ1) is 28.7. The first-order valence-corrected chi connectivity index (χ1v) is 19.1. The summed E-state index contributed by atoms with van der Waals surface area (Å²) in [6, 6.07) is 13.5. The first-order valence-electron chi connectivity index (χ1n) is 19.1. The Labute approximate surface area is 340 Å². The van der Waals surface area contributed by atoms with Gasteiger partial charge in [0.15, 0.2) is 5.65 Å². The number of alkyl halides is 3. The lowest BCUT2D eigenvalue weighted by Gasteiger charge is -2.39. The monoisotopic (exact) mass is 820 g/mol. The summed E-state index contributed by atoms with van der Waals surface area (Å²) < 4.78 is 61.1. The van der Waals surface area contributed by atoms with Crippen LogP contribution in [0.1, 0.15) is 84.7 Å². The Bertz CT molecular complexity index is 2680. The van der Waals surface area contributed by atoms with Crippen molar-refractivity contribution in [3.05, 3.63) is 124 Å². The van der Waals surface area contributed by atoms with E-state index in [4.69, 9.17) is 0 Å². The molecule has 0 spiro atoms. The van der Waals surface area contributed by atoms with Crippen LogP contribution in [-0.2, 0) is 22.3 Å². The molecule has 8 rings (SSSR count). The number of aryl methyl sites for hydroxylation is 1. The van der Waals surface area contributed by atoms with E-state index in [1.807, 2.05) is 11.8 Å². The van der Waals surface area contributed by atoms with Crippen molar-refractivity contribution >= 4 is 46.6 Å². The van der Waals surface area contributed by atoms with E-state index in [9.17, 15) is 37.1 Å². The van der Waals surface area contributed by atoms with Crippen LogP contribution in [-0.4, -0.2) is 86.2 Å². The summed E-state index contributed by atoms with van der Waals surface area (Å²) in [6.07, 6.45) is -0.798. The van der Waals surface area contributed by atoms with Crippen LogP contribution < -0.4 is 15.5 Å². The molecule has 17 heteroatoms. The Balaban J connectivity index is 0.920. The van der Waals surface area contributed by atoms with Crippen molar-refractivity contribution in [2.45, 2.75) is 57.4 Å². The smallest absolute Gasteiger partial charge is 0.371 e. The van der Waals surface area contributed by atoms with Gasteiger partial charge in [0, 0.05) is 66.4 Å². The molecule has 1 unspecified atom stereocenters. The Morgan fingerprint density at radius 3 is 2.52 bits per heavy atom. The number of halogens is 4. The summed E-state index contributed by atoms with van der Waals surface area (Å²) in [6.45, 7) is 2.38. The Morgan fingerprint density at radius 1 is 0.983 bits per heavy atom. The van der Waals surface area contributed by atoms with Crippen molar-refractivity contribution in [2.75, 3.05) is 30.4 Å². The number of hydrogen-bond donors (Lipinski definition) is 2. The number of aromatic nitrogens is 3. The summed E-state index contributed by atoms with van der Waals surface area (Å²) >= 11 is 0. The first kappa shape index (κ1) is 39.9. The second kappa shape index (κ2) is 15.7. The molecular formula is C43H36F4N8O5. The van der Waals surface area contributed by atoms with Crippen LogP contribution in [0.5, 0.6) is 0 Å². The number of fused-ring (bicyclic) bond motifs is 2. The number of carbonyl (C=O) groups is 5. The van der Waals surface area contributed by atoms with Crippen LogP contribution in [0.15, 0.2) is 73.1 Å². The van der Waals surface area contributed by atoms with Gasteiger partial charge in [-0.15, -0.1) is 0 Å². The number of rotatable bonds is 7. The molecule has 0 saturated carbocycles. The Morgan fingerprint density at radius 2 is 1.77 bits per heavy atom. The van der Waals surface area contributed by atoms with Gasteiger partial charge in [-0.2, -0.15) is 18.3 Å². The zero-order chi connectivity index (χ0) is 42.5. The Kier molecular flexibility index (Phi) is 10.4. The predicted molar refractivity (Wildman–Crippen MR) is 209 cm³/mol. The van der Waals surface area contributed by atoms with Crippen LogP contribution in [0.2, 0.25) is 0 Å². The topological polar surface area (TPSA) is 149 Å². The van der Waals surface area contributed by atoms with Crippen molar-refractivity contribution in [3.8, 4) is 11.8 Å². The third-order valence-electron chi connectivity index (χ3n) is 11.1. The van der Waals surface area contributed by atoms with Gasteiger partial charge in [-0.1, -0.05) is 18.1 Å². The van der Waals surface area contributed by atoms with Crippen molar-refractivity contribution in [3.63, 3.8) is 0 Å². The van der Waals surface area contributed by atoms with Gasteiger partial charge < -0.3 is 10.2 Å². The van der Waals surface area contributed by atoms with Gasteiger partial charge in [-0.05, 0) is 93.2 Å². The van der Waals surface area contributed by atoms with Gasteiger partial charge in [0.25, 0.3) is 17.7 Å². The molecule has 5 aromatic rings. The van der Waals surface area contributed by atoms with Crippen molar-refractivity contribution in [1.29, 1.82) is 0 Å². The van der Waals surface area contributed by atoms with E-state index in [0.29, 0.717) is 34.6 Å². The molecule has 2 fully saturated rings. The molecule has 0 bridgehead atoms. The van der Waals surface area contributed by atoms with Gasteiger partial charge in [-0.3, -0.25) is 39.1 Å². The number of piperidine rings is 2. The molecule has 2 N–H and O–H groups in total. The fourth-order valence-corrected chi connectivity index (χ4v) is 7.89. The van der Waals surface area contributed by atoms with Gasteiger partial charge in [0.1, 0.15) is 17.6 Å². The second-order valence-electron chi connectivity index (χ2n) is 14.9. The van der Waals surface area contributed by atoms with E-state index in [1.165, 1.54) is 24.3 Å². The largest absolute Gasteiger partial charge is 0.418 e. The lowest BCUT2D eigenvalue weighted by Crippen LogP contribution is -2.54. The van der Waals surface area contributed by atoms with Crippen LogP contribution in [0.4, 0.5) is 28.9 Å². The predicted octanol–water partition coefficient (Wildman–Crippen LogP) is 5.35. The van der Waals surface area contributed by atoms with Gasteiger partial charge in [-0.25, -0.2) is 13.9 Å². The number of anilines is 2. The van der Waals surface area contributed by atoms with E-state index < -0.39 is 58.7 Å². The van der Waals surface area contributed by atoms with E-state index in [2.05, 4.69) is 32.6 Å². The highest BCUT2D eigenvalue weighted by atomic mass is 19.4. The minimum Gasteiger partial charge on any atom is -0.371 e. The maximum absolute atomic E-state index is 15.9. The maximum atomic E-state index is 15.9. The van der Waals surface area contributed by atoms with Gasteiger partial charge in [0.05, 0.1) is 22.9 Å². The van der Waals surface area contributed by atoms with E-state index in [0.717, 1.165) is 11.6 Å². The average Bonchev–Trinajstić information content (AvgIpc) is 3.75. The molecule has 5 amide bonds. The lowest BCUT2D eigenvalue weighted by molar-refractivity contribution is -0.137. The van der Waals surface area contributed by atoms with E-state index >= 15 is 4.39 Å². The third kappa shape index (κ3) is 7.57. The average molecular weight is 821 g/mol. The second-order valence-corrected chi connectivity index (χ2v) is 14.9. The third-order valence-corrected chi connectivity index (χ3v) is 11.1. The number of imide groups is 2. The van der Waals surface area contributed by atoms with Gasteiger partial charge >= 0.3 is 6.18 Å². The zero-order valence-corrected chi connectivity index (χ0v) is 32.3. The number of nitrogens with zero attached hydrogens (tertiary/aromatic N) is 6. The fourth-order valence-electron chi connectivity index (χ4n) is 7.89. The molecule has 60 heavy (non-hydrogen) atoms. The molecule has 3 aromatic carbocycles. The number of amides is 5. The van der Waals surface area contributed by atoms with Crippen LogP contribution in [0.25, 0.3) is 5.65 Å². The van der Waals surface area contributed by atoms with Crippen LogP contribution in [0, 0.1) is 24.6 Å². The number of carbonyl (C=O) groups excluding carboxylic acids is 5. The molecule has 1 atom stereocenters. The standard InChI is InChI=1S/C43H36F4N8O5/c1-24-5-6-26(20-25(24)7-10-30-22-48-35-4-3-17-49-55(30)35)39(57)50-28-9-12-33(32(21-28)43(45,46)47)53-18-15-29(16-19-53)52(2)23-27-8-11-31-37(38(27)44)42(60)54(41(31)59)34-13-14-36(56)51-40(34)58/h3-6,8-9,11-12,17,20-22,29,34H,13-16,18-19,23H2,1-2H3,(H,50,57)(H,51,56,58). The number of imidazole rings is 1. The molecule has 5 heterocycles. The number of nitrogens with one attached hydrogen (secondary N) is 2. The molecule has 2 aromatic heterocycles. The van der Waals surface area contributed by atoms with Crippen molar-refractivity contribution in [2.24, 2.45) is 0 Å². The minimum atomic E-state index is -4.74. The molecule has 2 saturated heterocycles. The van der Waals surface area contributed by atoms with Crippen molar-refractivity contribution < 1.29 is 41.5 Å². The maximum Gasteiger partial charge on any atom is 0.418 e. The molecule has 3 aliphatic rings.